The summed E-state index contributed by atoms with van der Waals surface area (Å²) >= 11 is 0. The minimum atomic E-state index is -0.410. The van der Waals surface area contributed by atoms with Crippen LogP contribution in [0.25, 0.3) is 11.1 Å². The van der Waals surface area contributed by atoms with Gasteiger partial charge in [0.25, 0.3) is 0 Å². The number of nitrogens with two attached hydrogens (primary N) is 1. The lowest BCUT2D eigenvalue weighted by Gasteiger charge is -2.20. The van der Waals surface area contributed by atoms with Crippen molar-refractivity contribution in [1.29, 1.82) is 0 Å². The Morgan fingerprint density at radius 2 is 2.28 bits per heavy atom. The molecule has 2 rings (SSSR count). The number of fused-ring (bicyclic) bond motifs is 1. The van der Waals surface area contributed by atoms with Crippen LogP contribution < -0.4 is 11.5 Å². The van der Waals surface area contributed by atoms with Crippen LogP contribution in [0, 0.1) is 5.92 Å². The summed E-state index contributed by atoms with van der Waals surface area (Å²) in [7, 11) is 2.06. The molecule has 0 saturated heterocycles. The molecule has 0 bridgehead atoms. The van der Waals surface area contributed by atoms with E-state index in [1.54, 1.807) is 0 Å². The average molecular weight is 249 g/mol. The molecule has 1 unspecified atom stereocenters. The highest BCUT2D eigenvalue weighted by Crippen LogP contribution is 2.14. The molecule has 5 nitrogen and oxygen atoms in total. The fourth-order valence-corrected chi connectivity index (χ4v) is 2.07. The molecule has 2 aromatic rings. The highest BCUT2D eigenvalue weighted by atomic mass is 16.4. The third-order valence-corrected chi connectivity index (χ3v) is 2.96. The van der Waals surface area contributed by atoms with E-state index in [4.69, 9.17) is 10.2 Å². The summed E-state index contributed by atoms with van der Waals surface area (Å²) in [6.07, 6.45) is 0. The molecule has 0 spiro atoms. The van der Waals surface area contributed by atoms with Gasteiger partial charge in [0.1, 0.15) is 0 Å². The van der Waals surface area contributed by atoms with Crippen molar-refractivity contribution in [2.24, 2.45) is 11.7 Å². The van der Waals surface area contributed by atoms with Gasteiger partial charge in [-0.3, -0.25) is 4.98 Å². The van der Waals surface area contributed by atoms with Gasteiger partial charge in [-0.2, -0.15) is 0 Å². The van der Waals surface area contributed by atoms with Gasteiger partial charge in [0.15, 0.2) is 5.58 Å². The first kappa shape index (κ1) is 12.9. The molecule has 5 heteroatoms. The van der Waals surface area contributed by atoms with Gasteiger partial charge in [-0.05, 0) is 37.2 Å². The van der Waals surface area contributed by atoms with Crippen LogP contribution in [0.1, 0.15) is 12.5 Å². The zero-order valence-electron chi connectivity index (χ0n) is 10.8. The number of hydrogen-bond acceptors (Lipinski definition) is 4. The largest absolute Gasteiger partial charge is 0.417 e. The van der Waals surface area contributed by atoms with Crippen molar-refractivity contribution >= 4 is 11.1 Å². The third kappa shape index (κ3) is 3.00. The van der Waals surface area contributed by atoms with Crippen LogP contribution in [0.5, 0.6) is 0 Å². The SMILES string of the molecule is CC(CN)CN(C)Cc1ccc2[nH]c(=O)oc2c1. The first-order chi connectivity index (χ1) is 8.58. The highest BCUT2D eigenvalue weighted by Gasteiger charge is 2.07. The van der Waals surface area contributed by atoms with Crippen LogP contribution in [0.4, 0.5) is 0 Å². The van der Waals surface area contributed by atoms with E-state index in [0.29, 0.717) is 18.0 Å². The van der Waals surface area contributed by atoms with Gasteiger partial charge >= 0.3 is 5.76 Å². The van der Waals surface area contributed by atoms with E-state index in [-0.39, 0.29) is 0 Å². The molecule has 98 valence electrons. The number of hydrogen-bond donors (Lipinski definition) is 2. The Hall–Kier alpha value is -1.59. The Labute approximate surface area is 106 Å². The fourth-order valence-electron chi connectivity index (χ4n) is 2.07. The number of oxazole rings is 1. The predicted octanol–water partition coefficient (Wildman–Crippen LogP) is 1.15. The number of aromatic nitrogens is 1. The normalized spacial score (nSPS) is 13.3. The second kappa shape index (κ2) is 5.37. The summed E-state index contributed by atoms with van der Waals surface area (Å²) in [5, 5.41) is 0. The molecule has 0 aliphatic heterocycles. The zero-order valence-corrected chi connectivity index (χ0v) is 10.8. The molecule has 1 aromatic carbocycles. The Bertz CT molecular complexity index is 573. The second-order valence-electron chi connectivity index (χ2n) is 4.88. The summed E-state index contributed by atoms with van der Waals surface area (Å²) in [6, 6.07) is 5.77. The molecular formula is C13H19N3O2. The Balaban J connectivity index is 2.09. The van der Waals surface area contributed by atoms with E-state index in [0.717, 1.165) is 24.2 Å². The summed E-state index contributed by atoms with van der Waals surface area (Å²) < 4.78 is 5.04. The molecule has 0 aliphatic rings. The van der Waals surface area contributed by atoms with Crippen molar-refractivity contribution in [1.82, 2.24) is 9.88 Å². The van der Waals surface area contributed by atoms with E-state index >= 15 is 0 Å². The zero-order chi connectivity index (χ0) is 13.1. The van der Waals surface area contributed by atoms with Gasteiger partial charge in [0.2, 0.25) is 0 Å². The first-order valence-electron chi connectivity index (χ1n) is 6.09. The maximum atomic E-state index is 11.1. The molecule has 1 heterocycles. The Kier molecular flexibility index (Phi) is 3.84. The summed E-state index contributed by atoms with van der Waals surface area (Å²) in [6.45, 7) is 4.59. The number of H-pyrrole nitrogens is 1. The summed E-state index contributed by atoms with van der Waals surface area (Å²) in [4.78, 5) is 15.9. The van der Waals surface area contributed by atoms with Crippen LogP contribution in [0.2, 0.25) is 0 Å². The van der Waals surface area contributed by atoms with Crippen molar-refractivity contribution in [3.05, 3.63) is 34.3 Å². The molecule has 1 aromatic heterocycles. The van der Waals surface area contributed by atoms with Gasteiger partial charge < -0.3 is 15.1 Å². The van der Waals surface area contributed by atoms with E-state index < -0.39 is 5.76 Å². The molecule has 3 N–H and O–H groups in total. The molecule has 0 aliphatic carbocycles. The van der Waals surface area contributed by atoms with Crippen LogP contribution in [0.3, 0.4) is 0 Å². The minimum Gasteiger partial charge on any atom is -0.408 e. The molecule has 0 saturated carbocycles. The number of nitrogens with one attached hydrogen (secondary N) is 1. The van der Waals surface area contributed by atoms with E-state index in [1.165, 1.54) is 0 Å². The first-order valence-corrected chi connectivity index (χ1v) is 6.09. The highest BCUT2D eigenvalue weighted by molar-refractivity contribution is 5.72. The van der Waals surface area contributed by atoms with Gasteiger partial charge in [-0.15, -0.1) is 0 Å². The average Bonchev–Trinajstić information content (AvgIpc) is 2.68. The molecule has 0 amide bonds. The Morgan fingerprint density at radius 3 is 3.00 bits per heavy atom. The van der Waals surface area contributed by atoms with Crippen LogP contribution in [-0.2, 0) is 6.54 Å². The Morgan fingerprint density at radius 1 is 1.50 bits per heavy atom. The maximum Gasteiger partial charge on any atom is 0.417 e. The van der Waals surface area contributed by atoms with Gasteiger partial charge in [0, 0.05) is 13.1 Å². The molecule has 18 heavy (non-hydrogen) atoms. The molecular weight excluding hydrogens is 230 g/mol. The van der Waals surface area contributed by atoms with Crippen molar-refractivity contribution in [2.45, 2.75) is 13.5 Å². The quantitative estimate of drug-likeness (QED) is 0.833. The van der Waals surface area contributed by atoms with Crippen molar-refractivity contribution in [2.75, 3.05) is 20.1 Å². The standard InChI is InChI=1S/C13H19N3O2/c1-9(6-14)7-16(2)8-10-3-4-11-12(5-10)18-13(17)15-11/h3-5,9H,6-8,14H2,1-2H3,(H,15,17). The molecule has 0 radical (unpaired) electrons. The van der Waals surface area contributed by atoms with Gasteiger partial charge in [-0.1, -0.05) is 13.0 Å². The second-order valence-corrected chi connectivity index (χ2v) is 4.88. The van der Waals surface area contributed by atoms with E-state index in [2.05, 4.69) is 23.9 Å². The van der Waals surface area contributed by atoms with Gasteiger partial charge in [0.05, 0.1) is 5.52 Å². The summed E-state index contributed by atoms with van der Waals surface area (Å²) in [5.41, 5.74) is 8.08. The van der Waals surface area contributed by atoms with Crippen LogP contribution >= 0.6 is 0 Å². The van der Waals surface area contributed by atoms with E-state index in [9.17, 15) is 4.79 Å². The number of aromatic amines is 1. The van der Waals surface area contributed by atoms with Crippen molar-refractivity contribution < 1.29 is 4.42 Å². The predicted molar refractivity (Wildman–Crippen MR) is 71.4 cm³/mol. The minimum absolute atomic E-state index is 0.410. The monoisotopic (exact) mass is 249 g/mol. The topological polar surface area (TPSA) is 75.3 Å². The fraction of sp³-hybridized carbons (Fsp3) is 0.462. The number of nitrogens with zero attached hydrogens (tertiary/aromatic N) is 1. The lowest BCUT2D eigenvalue weighted by molar-refractivity contribution is 0.282. The van der Waals surface area contributed by atoms with Crippen LogP contribution in [-0.4, -0.2) is 30.0 Å². The smallest absolute Gasteiger partial charge is 0.408 e. The maximum absolute atomic E-state index is 11.1. The lowest BCUT2D eigenvalue weighted by Crippen LogP contribution is -2.28. The third-order valence-electron chi connectivity index (χ3n) is 2.96. The van der Waals surface area contributed by atoms with Gasteiger partial charge in [-0.25, -0.2) is 4.79 Å². The number of benzene rings is 1. The molecule has 1 atom stereocenters. The lowest BCUT2D eigenvalue weighted by atomic mass is 10.1. The number of rotatable bonds is 5. The van der Waals surface area contributed by atoms with Crippen molar-refractivity contribution in [3.8, 4) is 0 Å². The van der Waals surface area contributed by atoms with E-state index in [1.807, 2.05) is 18.2 Å². The molecule has 0 fully saturated rings. The van der Waals surface area contributed by atoms with Crippen LogP contribution in [0.15, 0.2) is 27.4 Å². The van der Waals surface area contributed by atoms with Crippen molar-refractivity contribution in [3.63, 3.8) is 0 Å². The summed E-state index contributed by atoms with van der Waals surface area (Å²) in [5.74, 6) is 0.0659.